The quantitative estimate of drug-likeness (QED) is 0.669. The molecule has 0 saturated heterocycles. The minimum absolute atomic E-state index is 0.642. The Morgan fingerprint density at radius 3 is 2.62 bits per heavy atom. The van der Waals surface area contributed by atoms with E-state index in [1.165, 1.54) is 43.4 Å². The van der Waals surface area contributed by atoms with Gasteiger partial charge in [-0.3, -0.25) is 4.90 Å². The molecule has 1 aliphatic rings. The Balaban J connectivity index is 1.38. The maximum atomic E-state index is 4.42. The van der Waals surface area contributed by atoms with Gasteiger partial charge in [0.1, 0.15) is 0 Å². The fourth-order valence-corrected chi connectivity index (χ4v) is 3.96. The molecule has 5 heteroatoms. The average molecular weight is 349 g/mol. The van der Waals surface area contributed by atoms with Crippen LogP contribution in [-0.2, 0) is 13.1 Å². The molecule has 136 valence electrons. The number of imidazole rings is 1. The summed E-state index contributed by atoms with van der Waals surface area (Å²) in [7, 11) is 2.18. The number of hydrogen-bond acceptors (Lipinski definition) is 3. The van der Waals surface area contributed by atoms with Crippen LogP contribution in [0.4, 0.5) is 0 Å². The molecule has 0 atom stereocenters. The van der Waals surface area contributed by atoms with E-state index in [9.17, 15) is 0 Å². The van der Waals surface area contributed by atoms with Gasteiger partial charge in [0.25, 0.3) is 0 Å². The van der Waals surface area contributed by atoms with Gasteiger partial charge in [0.2, 0.25) is 0 Å². The molecule has 0 unspecified atom stereocenters. The third-order valence-corrected chi connectivity index (χ3v) is 5.30. The van der Waals surface area contributed by atoms with Crippen molar-refractivity contribution in [3.8, 4) is 5.69 Å². The number of benzene rings is 1. The van der Waals surface area contributed by atoms with Crippen LogP contribution in [-0.4, -0.2) is 31.3 Å². The van der Waals surface area contributed by atoms with E-state index in [4.69, 9.17) is 0 Å². The smallest absolute Gasteiger partial charge is 0.0951 e. The minimum atomic E-state index is 0.642. The van der Waals surface area contributed by atoms with Gasteiger partial charge in [-0.25, -0.2) is 9.67 Å². The highest BCUT2D eigenvalue weighted by molar-refractivity contribution is 5.33. The lowest BCUT2D eigenvalue weighted by Gasteiger charge is -2.26. The van der Waals surface area contributed by atoms with Crippen molar-refractivity contribution in [1.82, 2.24) is 24.2 Å². The van der Waals surface area contributed by atoms with E-state index in [1.807, 2.05) is 29.5 Å². The predicted molar refractivity (Wildman–Crippen MR) is 103 cm³/mol. The lowest BCUT2D eigenvalue weighted by Crippen LogP contribution is -2.21. The first-order chi connectivity index (χ1) is 12.8. The molecule has 5 nitrogen and oxygen atoms in total. The number of rotatable bonds is 6. The van der Waals surface area contributed by atoms with Gasteiger partial charge in [-0.1, -0.05) is 31.4 Å². The molecular formula is C21H27N5. The van der Waals surface area contributed by atoms with Crippen molar-refractivity contribution in [2.75, 3.05) is 7.05 Å². The van der Waals surface area contributed by atoms with Crippen molar-refractivity contribution in [3.05, 3.63) is 66.5 Å². The summed E-state index contributed by atoms with van der Waals surface area (Å²) in [6, 6.07) is 11.2. The summed E-state index contributed by atoms with van der Waals surface area (Å²) >= 11 is 0. The fraction of sp³-hybridized carbons (Fsp3) is 0.429. The first-order valence-electron chi connectivity index (χ1n) is 9.58. The van der Waals surface area contributed by atoms with E-state index >= 15 is 0 Å². The van der Waals surface area contributed by atoms with Crippen molar-refractivity contribution >= 4 is 0 Å². The first kappa shape index (κ1) is 17.0. The van der Waals surface area contributed by atoms with Crippen molar-refractivity contribution in [2.45, 2.75) is 51.2 Å². The SMILES string of the molecule is CN(Cc1ccc(-n2cccn2)cc1)Cc1cncn1C1CCCCC1. The summed E-state index contributed by atoms with van der Waals surface area (Å²) < 4.78 is 4.30. The Hall–Kier alpha value is -2.40. The van der Waals surface area contributed by atoms with E-state index in [0.29, 0.717) is 6.04 Å². The van der Waals surface area contributed by atoms with Gasteiger partial charge in [-0.05, 0) is 43.7 Å². The zero-order chi connectivity index (χ0) is 17.8. The van der Waals surface area contributed by atoms with Gasteiger partial charge >= 0.3 is 0 Å². The molecule has 0 aliphatic heterocycles. The second kappa shape index (κ2) is 7.87. The summed E-state index contributed by atoms with van der Waals surface area (Å²) in [4.78, 5) is 6.78. The van der Waals surface area contributed by atoms with Gasteiger partial charge < -0.3 is 4.57 Å². The van der Waals surface area contributed by atoms with Gasteiger partial charge in [-0.2, -0.15) is 5.10 Å². The Labute approximate surface area is 155 Å². The highest BCUT2D eigenvalue weighted by atomic mass is 15.3. The molecule has 0 N–H and O–H groups in total. The molecule has 0 amide bonds. The van der Waals surface area contributed by atoms with Gasteiger partial charge in [0, 0.05) is 37.7 Å². The van der Waals surface area contributed by atoms with E-state index < -0.39 is 0 Å². The van der Waals surface area contributed by atoms with Crippen molar-refractivity contribution in [1.29, 1.82) is 0 Å². The Bertz CT molecular complexity index is 797. The lowest BCUT2D eigenvalue weighted by atomic mass is 9.95. The molecule has 1 aliphatic carbocycles. The van der Waals surface area contributed by atoms with Crippen LogP contribution >= 0.6 is 0 Å². The second-order valence-corrected chi connectivity index (χ2v) is 7.37. The van der Waals surface area contributed by atoms with Crippen LogP contribution < -0.4 is 0 Å². The molecule has 0 bridgehead atoms. The van der Waals surface area contributed by atoms with Crippen LogP contribution in [0.15, 0.2) is 55.2 Å². The molecule has 0 spiro atoms. The number of aromatic nitrogens is 4. The Kier molecular flexibility index (Phi) is 5.16. The standard InChI is InChI=1S/C21H27N5/c1-24(15-18-8-10-20(11-9-18)26-13-5-12-23-26)16-21-14-22-17-25(21)19-6-3-2-4-7-19/h5,8-14,17,19H,2-4,6-7,15-16H2,1H3. The average Bonchev–Trinajstić information content (AvgIpc) is 3.35. The highest BCUT2D eigenvalue weighted by Crippen LogP contribution is 2.29. The summed E-state index contributed by atoms with van der Waals surface area (Å²) in [6.07, 6.45) is 14.5. The zero-order valence-corrected chi connectivity index (χ0v) is 15.5. The summed E-state index contributed by atoms with van der Waals surface area (Å²) in [5, 5.41) is 4.28. The van der Waals surface area contributed by atoms with E-state index in [0.717, 1.165) is 18.8 Å². The topological polar surface area (TPSA) is 38.9 Å². The van der Waals surface area contributed by atoms with Crippen LogP contribution in [0.3, 0.4) is 0 Å². The molecule has 2 heterocycles. The van der Waals surface area contributed by atoms with Gasteiger partial charge in [-0.15, -0.1) is 0 Å². The maximum absolute atomic E-state index is 4.42. The van der Waals surface area contributed by atoms with Crippen LogP contribution in [0.2, 0.25) is 0 Å². The van der Waals surface area contributed by atoms with Crippen LogP contribution in [0.25, 0.3) is 5.69 Å². The lowest BCUT2D eigenvalue weighted by molar-refractivity contribution is 0.290. The van der Waals surface area contributed by atoms with Crippen LogP contribution in [0.1, 0.15) is 49.4 Å². The highest BCUT2D eigenvalue weighted by Gasteiger charge is 2.18. The third-order valence-electron chi connectivity index (χ3n) is 5.30. The monoisotopic (exact) mass is 349 g/mol. The molecular weight excluding hydrogens is 322 g/mol. The van der Waals surface area contributed by atoms with Crippen LogP contribution in [0.5, 0.6) is 0 Å². The number of nitrogens with zero attached hydrogens (tertiary/aromatic N) is 5. The largest absolute Gasteiger partial charge is 0.330 e. The molecule has 1 saturated carbocycles. The van der Waals surface area contributed by atoms with Gasteiger partial charge in [0.05, 0.1) is 17.7 Å². The van der Waals surface area contributed by atoms with Crippen molar-refractivity contribution < 1.29 is 0 Å². The fourth-order valence-electron chi connectivity index (χ4n) is 3.96. The van der Waals surface area contributed by atoms with Crippen molar-refractivity contribution in [2.24, 2.45) is 0 Å². The normalized spacial score (nSPS) is 15.6. The second-order valence-electron chi connectivity index (χ2n) is 7.37. The third kappa shape index (κ3) is 3.88. The molecule has 0 radical (unpaired) electrons. The molecule has 3 aromatic rings. The molecule has 26 heavy (non-hydrogen) atoms. The van der Waals surface area contributed by atoms with Crippen molar-refractivity contribution in [3.63, 3.8) is 0 Å². The van der Waals surface area contributed by atoms with E-state index in [1.54, 1.807) is 6.20 Å². The first-order valence-corrected chi connectivity index (χ1v) is 9.58. The maximum Gasteiger partial charge on any atom is 0.0951 e. The summed E-state index contributed by atoms with van der Waals surface area (Å²) in [5.74, 6) is 0. The van der Waals surface area contributed by atoms with E-state index in [-0.39, 0.29) is 0 Å². The Morgan fingerprint density at radius 1 is 1.08 bits per heavy atom. The molecule has 1 aromatic carbocycles. The molecule has 2 aromatic heterocycles. The minimum Gasteiger partial charge on any atom is -0.330 e. The molecule has 4 rings (SSSR count). The summed E-state index contributed by atoms with van der Waals surface area (Å²) in [5.41, 5.74) is 3.73. The molecule has 1 fully saturated rings. The van der Waals surface area contributed by atoms with Crippen LogP contribution in [0, 0.1) is 0 Å². The predicted octanol–water partition coefficient (Wildman–Crippen LogP) is 4.21. The summed E-state index contributed by atoms with van der Waals surface area (Å²) in [6.45, 7) is 1.85. The zero-order valence-electron chi connectivity index (χ0n) is 15.5. The Morgan fingerprint density at radius 2 is 1.88 bits per heavy atom. The van der Waals surface area contributed by atoms with Gasteiger partial charge in [0.15, 0.2) is 0 Å². The number of hydrogen-bond donors (Lipinski definition) is 0. The van der Waals surface area contributed by atoms with E-state index in [2.05, 4.69) is 50.9 Å².